The molecule has 0 aromatic heterocycles. The maximum atomic E-state index is 11.3. The average Bonchev–Trinajstić information content (AvgIpc) is 2.92. The molecule has 0 aromatic rings. The molecule has 0 radical (unpaired) electrons. The third kappa shape index (κ3) is 5.19. The Hall–Kier alpha value is -1.14. The number of carbonyl (C=O) groups is 1. The lowest BCUT2D eigenvalue weighted by atomic mass is 10.1. The van der Waals surface area contributed by atoms with Crippen molar-refractivity contribution in [3.8, 4) is 0 Å². The van der Waals surface area contributed by atoms with Crippen molar-refractivity contribution >= 4 is 17.7 Å². The maximum Gasteiger partial charge on any atom is 0.246 e. The van der Waals surface area contributed by atoms with Gasteiger partial charge in [0.2, 0.25) is 5.91 Å². The highest BCUT2D eigenvalue weighted by molar-refractivity contribution is 7.98. The quantitative estimate of drug-likeness (QED) is 0.295. The predicted molar refractivity (Wildman–Crippen MR) is 96.5 cm³/mol. The average molecular weight is 389 g/mol. The molecule has 9 nitrogen and oxygen atoms in total. The number of thioether (sulfide) groups is 1. The summed E-state index contributed by atoms with van der Waals surface area (Å²) in [5.74, 6) is 0.232. The first-order chi connectivity index (χ1) is 12.3. The number of aliphatic hydroxyl groups is 3. The van der Waals surface area contributed by atoms with E-state index in [1.165, 1.54) is 11.1 Å². The molecule has 0 aromatic carbocycles. The number of ether oxygens (including phenoxy) is 2. The molecular weight excluding hydrogens is 362 g/mol. The highest BCUT2D eigenvalue weighted by Crippen LogP contribution is 2.27. The van der Waals surface area contributed by atoms with E-state index in [-0.39, 0.29) is 6.61 Å². The van der Waals surface area contributed by atoms with Gasteiger partial charge in [-0.1, -0.05) is 6.08 Å². The first kappa shape index (κ1) is 21.2. The number of hydrogen-bond donors (Lipinski definition) is 5. The molecule has 0 saturated carbocycles. The molecule has 0 bridgehead atoms. The summed E-state index contributed by atoms with van der Waals surface area (Å²) in [6, 6.07) is -0.548. The van der Waals surface area contributed by atoms with Gasteiger partial charge < -0.3 is 41.2 Å². The summed E-state index contributed by atoms with van der Waals surface area (Å²) in [5, 5.41) is 30.4. The van der Waals surface area contributed by atoms with E-state index in [2.05, 4.69) is 0 Å². The first-order valence-electron chi connectivity index (χ1n) is 8.35. The summed E-state index contributed by atoms with van der Waals surface area (Å²) in [4.78, 5) is 12.8. The van der Waals surface area contributed by atoms with Crippen molar-refractivity contribution in [2.45, 2.75) is 49.7 Å². The van der Waals surface area contributed by atoms with E-state index in [4.69, 9.17) is 20.9 Å². The van der Waals surface area contributed by atoms with Crippen LogP contribution in [0.25, 0.3) is 0 Å². The number of allylic oxidation sites excluding steroid dienone is 1. The first-order valence-corrected chi connectivity index (χ1v) is 9.75. The fourth-order valence-electron chi connectivity index (χ4n) is 2.73. The van der Waals surface area contributed by atoms with Crippen LogP contribution in [0.3, 0.4) is 0 Å². The second-order valence-corrected chi connectivity index (χ2v) is 7.26. The van der Waals surface area contributed by atoms with Gasteiger partial charge in [-0.15, -0.1) is 0 Å². The summed E-state index contributed by atoms with van der Waals surface area (Å²) in [6.07, 6.45) is 2.39. The summed E-state index contributed by atoms with van der Waals surface area (Å²) < 4.78 is 11.0. The molecule has 1 fully saturated rings. The second-order valence-electron chi connectivity index (χ2n) is 6.27. The van der Waals surface area contributed by atoms with E-state index in [0.29, 0.717) is 18.4 Å². The van der Waals surface area contributed by atoms with Crippen LogP contribution in [0.15, 0.2) is 24.0 Å². The van der Waals surface area contributed by atoms with Gasteiger partial charge in [0.1, 0.15) is 18.3 Å². The topological polar surface area (TPSA) is 151 Å². The van der Waals surface area contributed by atoms with Gasteiger partial charge in [0.25, 0.3) is 0 Å². The molecule has 1 unspecified atom stereocenters. The third-order valence-corrected chi connectivity index (χ3v) is 4.96. The Bertz CT molecular complexity index is 546. The van der Waals surface area contributed by atoms with Crippen LogP contribution in [0.1, 0.15) is 12.8 Å². The molecule has 2 heterocycles. The van der Waals surface area contributed by atoms with Crippen LogP contribution >= 0.6 is 11.8 Å². The lowest BCUT2D eigenvalue weighted by Gasteiger charge is -2.28. The highest BCUT2D eigenvalue weighted by Gasteiger charge is 2.45. The molecule has 1 amide bonds. The van der Waals surface area contributed by atoms with Crippen molar-refractivity contribution < 1.29 is 29.6 Å². The fraction of sp³-hybridized carbons (Fsp3) is 0.688. The number of carbonyl (C=O) groups excluding carboxylic acids is 1. The van der Waals surface area contributed by atoms with Crippen LogP contribution < -0.4 is 11.5 Å². The lowest BCUT2D eigenvalue weighted by molar-refractivity contribution is -0.153. The number of hydrogen-bond acceptors (Lipinski definition) is 9. The number of nitrogens with two attached hydrogens (primary N) is 2. The Labute approximate surface area is 156 Å². The van der Waals surface area contributed by atoms with Gasteiger partial charge in [-0.25, -0.2) is 0 Å². The zero-order valence-corrected chi connectivity index (χ0v) is 15.4. The lowest BCUT2D eigenvalue weighted by Crippen LogP contribution is -2.41. The Morgan fingerprint density at radius 3 is 2.88 bits per heavy atom. The number of primary amides is 1. The summed E-state index contributed by atoms with van der Waals surface area (Å²) >= 11 is 1.61. The standard InChI is InChI=1S/C16H27N3O6S/c1-26-6-4-10(17)16(23)24-8-11-12(20)13(21)15(25-11)19-5-2-3-9(7-19)14(18)22/h2,5,7,10-13,15-16,20-21,23H,3-4,6,8,17H2,1H3,(H2,18,22)/t10-,11+,12+,13+,15+,16?/m0/s1. The van der Waals surface area contributed by atoms with Crippen molar-refractivity contribution in [2.24, 2.45) is 11.5 Å². The molecule has 2 aliphatic heterocycles. The third-order valence-electron chi connectivity index (χ3n) is 4.32. The van der Waals surface area contributed by atoms with Gasteiger partial charge in [-0.05, 0) is 24.9 Å². The molecular formula is C16H27N3O6S. The monoisotopic (exact) mass is 389 g/mol. The van der Waals surface area contributed by atoms with E-state index in [1.807, 2.05) is 6.26 Å². The van der Waals surface area contributed by atoms with E-state index in [9.17, 15) is 20.1 Å². The fourth-order valence-corrected chi connectivity index (χ4v) is 3.23. The number of rotatable bonds is 9. The van der Waals surface area contributed by atoms with Crippen molar-refractivity contribution in [1.29, 1.82) is 0 Å². The number of aliphatic hydroxyl groups excluding tert-OH is 3. The van der Waals surface area contributed by atoms with Crippen molar-refractivity contribution in [2.75, 3.05) is 18.6 Å². The Kier molecular flexibility index (Phi) is 7.89. The van der Waals surface area contributed by atoms with Crippen LogP contribution in [0, 0.1) is 0 Å². The van der Waals surface area contributed by atoms with Crippen molar-refractivity contribution in [1.82, 2.24) is 4.90 Å². The van der Waals surface area contributed by atoms with Crippen LogP contribution in [0.4, 0.5) is 0 Å². The summed E-state index contributed by atoms with van der Waals surface area (Å²) in [6.45, 7) is -0.132. The van der Waals surface area contributed by atoms with Gasteiger partial charge in [-0.3, -0.25) is 4.79 Å². The van der Waals surface area contributed by atoms with Gasteiger partial charge in [-0.2, -0.15) is 11.8 Å². The molecule has 148 valence electrons. The predicted octanol–water partition coefficient (Wildman–Crippen LogP) is -1.56. The van der Waals surface area contributed by atoms with E-state index in [0.717, 1.165) is 5.75 Å². The Balaban J connectivity index is 1.92. The maximum absolute atomic E-state index is 11.3. The number of nitrogens with zero attached hydrogens (tertiary/aromatic N) is 1. The van der Waals surface area contributed by atoms with Crippen LogP contribution in [-0.2, 0) is 14.3 Å². The molecule has 7 N–H and O–H groups in total. The zero-order chi connectivity index (χ0) is 19.3. The van der Waals surface area contributed by atoms with Gasteiger partial charge in [0, 0.05) is 18.0 Å². The highest BCUT2D eigenvalue weighted by atomic mass is 32.2. The smallest absolute Gasteiger partial charge is 0.246 e. The molecule has 0 aliphatic carbocycles. The normalized spacial score (nSPS) is 31.0. The minimum atomic E-state index is -1.22. The minimum absolute atomic E-state index is 0.132. The summed E-state index contributed by atoms with van der Waals surface area (Å²) in [7, 11) is 0. The molecule has 2 rings (SSSR count). The van der Waals surface area contributed by atoms with E-state index < -0.39 is 42.8 Å². The largest absolute Gasteiger partial charge is 0.387 e. The van der Waals surface area contributed by atoms with E-state index in [1.54, 1.807) is 24.0 Å². The van der Waals surface area contributed by atoms with Crippen LogP contribution in [0.5, 0.6) is 0 Å². The minimum Gasteiger partial charge on any atom is -0.387 e. The number of amides is 1. The molecule has 10 heteroatoms. The second kappa shape index (κ2) is 9.70. The van der Waals surface area contributed by atoms with Gasteiger partial charge in [0.15, 0.2) is 12.5 Å². The van der Waals surface area contributed by atoms with Gasteiger partial charge in [0.05, 0.1) is 12.6 Å². The van der Waals surface area contributed by atoms with Crippen molar-refractivity contribution in [3.05, 3.63) is 24.0 Å². The molecule has 6 atom stereocenters. The zero-order valence-electron chi connectivity index (χ0n) is 14.6. The Morgan fingerprint density at radius 1 is 1.50 bits per heavy atom. The Morgan fingerprint density at radius 2 is 2.23 bits per heavy atom. The SMILES string of the molecule is CSCC[C@H](N)C(O)OC[C@H]1O[C@@H](N2C=CCC(C(N)=O)=C2)[C@H](O)[C@@H]1O. The molecule has 26 heavy (non-hydrogen) atoms. The van der Waals surface area contributed by atoms with Crippen LogP contribution in [-0.4, -0.2) is 81.6 Å². The summed E-state index contributed by atoms with van der Waals surface area (Å²) in [5.41, 5.74) is 11.5. The van der Waals surface area contributed by atoms with Crippen molar-refractivity contribution in [3.63, 3.8) is 0 Å². The van der Waals surface area contributed by atoms with Crippen LogP contribution in [0.2, 0.25) is 0 Å². The van der Waals surface area contributed by atoms with Gasteiger partial charge >= 0.3 is 0 Å². The van der Waals surface area contributed by atoms with E-state index >= 15 is 0 Å². The molecule has 2 aliphatic rings. The molecule has 0 spiro atoms. The molecule has 1 saturated heterocycles.